The summed E-state index contributed by atoms with van der Waals surface area (Å²) in [6, 6.07) is 1.11. The average Bonchev–Trinajstić information content (AvgIpc) is 3.25. The van der Waals surface area contributed by atoms with Crippen molar-refractivity contribution in [2.24, 2.45) is 17.3 Å². The van der Waals surface area contributed by atoms with E-state index in [4.69, 9.17) is 4.74 Å². The molecule has 1 amide bonds. The molecule has 3 nitrogen and oxygen atoms in total. The number of carbonyl (C=O) groups is 1. The lowest BCUT2D eigenvalue weighted by Crippen LogP contribution is -2.47. The largest absolute Gasteiger partial charge is 0.375 e. The number of amides is 1. The fourth-order valence-corrected chi connectivity index (χ4v) is 8.04. The maximum absolute atomic E-state index is 13.1. The minimum absolute atomic E-state index is 0.192. The molecular formula is C23H41NO2S. The van der Waals surface area contributed by atoms with Crippen molar-refractivity contribution in [1.82, 2.24) is 4.90 Å². The molecule has 0 aliphatic carbocycles. The molecule has 4 saturated heterocycles. The quantitative estimate of drug-likeness (QED) is 0.629. The van der Waals surface area contributed by atoms with Gasteiger partial charge in [0.2, 0.25) is 5.91 Å². The third-order valence-corrected chi connectivity index (χ3v) is 9.05. The Morgan fingerprint density at radius 2 is 1.78 bits per heavy atom. The molecule has 6 atom stereocenters. The van der Waals surface area contributed by atoms with Crippen LogP contribution in [0.15, 0.2) is 0 Å². The smallest absolute Gasteiger partial charge is 0.223 e. The number of hydrogen-bond acceptors (Lipinski definition) is 2. The van der Waals surface area contributed by atoms with Gasteiger partial charge in [0.05, 0.1) is 12.2 Å². The molecule has 0 aromatic carbocycles. The number of thiol groups is 1. The number of ether oxygens (including phenoxy) is 1. The van der Waals surface area contributed by atoms with Crippen LogP contribution in [-0.4, -0.2) is 53.4 Å². The molecule has 27 heavy (non-hydrogen) atoms. The van der Waals surface area contributed by atoms with Crippen LogP contribution < -0.4 is 0 Å². The molecule has 0 aromatic rings. The molecule has 0 saturated carbocycles. The van der Waals surface area contributed by atoms with Gasteiger partial charge >= 0.3 is 0 Å². The number of carbonyl (C=O) groups excluding carboxylic acids is 1. The topological polar surface area (TPSA) is 29.5 Å². The Bertz CT molecular complexity index is 534. The van der Waals surface area contributed by atoms with E-state index in [9.17, 15) is 4.79 Å². The van der Waals surface area contributed by atoms with E-state index in [0.717, 1.165) is 24.7 Å². The Labute approximate surface area is 169 Å². The van der Waals surface area contributed by atoms with Gasteiger partial charge in [0, 0.05) is 18.5 Å². The van der Waals surface area contributed by atoms with E-state index >= 15 is 0 Å². The van der Waals surface area contributed by atoms with Crippen LogP contribution in [0.5, 0.6) is 0 Å². The number of fused-ring (bicyclic) bond motifs is 4. The van der Waals surface area contributed by atoms with Gasteiger partial charge in [-0.05, 0) is 93.3 Å². The highest BCUT2D eigenvalue weighted by Crippen LogP contribution is 2.46. The molecule has 0 unspecified atom stereocenters. The maximum atomic E-state index is 13.1. The first-order valence-corrected chi connectivity index (χ1v) is 13.8. The predicted molar refractivity (Wildman–Crippen MR) is 116 cm³/mol. The highest BCUT2D eigenvalue weighted by atomic mass is 32.2. The van der Waals surface area contributed by atoms with Crippen molar-refractivity contribution in [3.63, 3.8) is 0 Å². The molecule has 4 aliphatic rings. The summed E-state index contributed by atoms with van der Waals surface area (Å²) in [5.74, 6) is 3.47. The van der Waals surface area contributed by atoms with Crippen molar-refractivity contribution in [2.75, 3.05) is 18.3 Å². The first-order valence-electron chi connectivity index (χ1n) is 11.4. The first kappa shape index (κ1) is 20.1. The highest BCUT2D eigenvalue weighted by molar-refractivity contribution is 8.15. The van der Waals surface area contributed by atoms with Gasteiger partial charge in [-0.2, -0.15) is 0 Å². The van der Waals surface area contributed by atoms with Crippen LogP contribution in [0.1, 0.15) is 78.1 Å². The van der Waals surface area contributed by atoms with Gasteiger partial charge < -0.3 is 9.64 Å². The Morgan fingerprint density at radius 1 is 1.07 bits per heavy atom. The third-order valence-electron chi connectivity index (χ3n) is 7.80. The van der Waals surface area contributed by atoms with E-state index in [-0.39, 0.29) is 16.3 Å². The lowest BCUT2D eigenvalue weighted by molar-refractivity contribution is -0.136. The molecule has 156 valence electrons. The molecular weight excluding hydrogens is 354 g/mol. The van der Waals surface area contributed by atoms with Gasteiger partial charge in [0.15, 0.2) is 0 Å². The van der Waals surface area contributed by atoms with E-state index < -0.39 is 0 Å². The van der Waals surface area contributed by atoms with Gasteiger partial charge in [-0.3, -0.25) is 15.7 Å². The van der Waals surface area contributed by atoms with E-state index in [1.54, 1.807) is 0 Å². The zero-order valence-corrected chi connectivity index (χ0v) is 18.8. The van der Waals surface area contributed by atoms with E-state index in [2.05, 4.69) is 31.3 Å². The highest BCUT2D eigenvalue weighted by Gasteiger charge is 2.44. The SMILES string of the molecule is C[SH](C)C[C@@H]1C[C@H]2CC[C@@H](C1)N2C(=O)CCC(C)(C)C[C@@H]1C[C@H]2CC[C@@H]1O2. The monoisotopic (exact) mass is 395 g/mol. The molecule has 4 heterocycles. The second kappa shape index (κ2) is 7.89. The zero-order valence-electron chi connectivity index (χ0n) is 18.0. The molecule has 0 aromatic heterocycles. The van der Waals surface area contributed by atoms with Gasteiger partial charge in [0.1, 0.15) is 0 Å². The Morgan fingerprint density at radius 3 is 2.33 bits per heavy atom. The minimum atomic E-state index is 0.192. The van der Waals surface area contributed by atoms with Crippen LogP contribution in [-0.2, 0) is 9.53 Å². The molecule has 0 radical (unpaired) electrons. The summed E-state index contributed by atoms with van der Waals surface area (Å²) in [5, 5.41) is 0. The number of nitrogens with zero attached hydrogens (tertiary/aromatic N) is 1. The second-order valence-electron chi connectivity index (χ2n) is 11.0. The van der Waals surface area contributed by atoms with Gasteiger partial charge in [0.25, 0.3) is 0 Å². The van der Waals surface area contributed by atoms with Crippen LogP contribution >= 0.6 is 10.9 Å². The predicted octanol–water partition coefficient (Wildman–Crippen LogP) is 4.78. The Kier molecular flexibility index (Phi) is 5.87. The van der Waals surface area contributed by atoms with Crippen molar-refractivity contribution >= 4 is 16.8 Å². The Balaban J connectivity index is 1.27. The number of rotatable bonds is 7. The van der Waals surface area contributed by atoms with Crippen molar-refractivity contribution in [3.8, 4) is 0 Å². The molecule has 4 heteroatoms. The normalized spacial score (nSPS) is 38.5. The van der Waals surface area contributed by atoms with E-state index in [0.29, 0.717) is 30.2 Å². The van der Waals surface area contributed by atoms with Crippen LogP contribution in [0.25, 0.3) is 0 Å². The third kappa shape index (κ3) is 4.52. The zero-order chi connectivity index (χ0) is 19.2. The van der Waals surface area contributed by atoms with Crippen molar-refractivity contribution in [1.29, 1.82) is 0 Å². The maximum Gasteiger partial charge on any atom is 0.223 e. The second-order valence-corrected chi connectivity index (χ2v) is 13.5. The molecule has 4 fully saturated rings. The van der Waals surface area contributed by atoms with Crippen LogP contribution in [0.2, 0.25) is 0 Å². The lowest BCUT2D eigenvalue weighted by atomic mass is 9.74. The number of piperidine rings is 1. The summed E-state index contributed by atoms with van der Waals surface area (Å²) in [6.07, 6.45) is 17.7. The fourth-order valence-electron chi connectivity index (χ4n) is 6.71. The molecule has 4 bridgehead atoms. The van der Waals surface area contributed by atoms with Crippen LogP contribution in [0.3, 0.4) is 0 Å². The number of hydrogen-bond donors (Lipinski definition) is 1. The first-order chi connectivity index (χ1) is 12.8. The summed E-state index contributed by atoms with van der Waals surface area (Å²) < 4.78 is 6.05. The standard InChI is InChI=1S/C23H41NO2S/c1-23(2,14-17-13-20-7-8-21(17)26-20)10-9-22(25)24-18-5-6-19(24)12-16(11-18)15-27(3)4/h16-21,27H,5-15H2,1-4H3/t16-,17-,18-,19+,20+,21-/m0/s1. The summed E-state index contributed by atoms with van der Waals surface area (Å²) in [4.78, 5) is 15.4. The van der Waals surface area contributed by atoms with Crippen molar-refractivity contribution in [3.05, 3.63) is 0 Å². The van der Waals surface area contributed by atoms with Crippen LogP contribution in [0.4, 0.5) is 0 Å². The molecule has 4 aliphatic heterocycles. The van der Waals surface area contributed by atoms with Crippen molar-refractivity contribution < 1.29 is 9.53 Å². The molecule has 0 N–H and O–H groups in total. The summed E-state index contributed by atoms with van der Waals surface area (Å²) >= 11 is 0. The fraction of sp³-hybridized carbons (Fsp3) is 0.957. The van der Waals surface area contributed by atoms with Crippen LogP contribution in [0, 0.1) is 17.3 Å². The molecule has 0 spiro atoms. The molecule has 4 rings (SSSR count). The summed E-state index contributed by atoms with van der Waals surface area (Å²) in [7, 11) is 0.192. The van der Waals surface area contributed by atoms with Gasteiger partial charge in [-0.25, -0.2) is 0 Å². The summed E-state index contributed by atoms with van der Waals surface area (Å²) in [6.45, 7) is 4.75. The lowest BCUT2D eigenvalue weighted by Gasteiger charge is -2.40. The van der Waals surface area contributed by atoms with E-state index in [1.165, 1.54) is 57.1 Å². The minimum Gasteiger partial charge on any atom is -0.375 e. The van der Waals surface area contributed by atoms with Gasteiger partial charge in [-0.1, -0.05) is 13.8 Å². The Hall–Kier alpha value is -0.220. The summed E-state index contributed by atoms with van der Waals surface area (Å²) in [5.41, 5.74) is 0.256. The van der Waals surface area contributed by atoms with Crippen molar-refractivity contribution in [2.45, 2.75) is 102 Å². The van der Waals surface area contributed by atoms with Gasteiger partial charge in [-0.15, -0.1) is 0 Å². The average molecular weight is 396 g/mol. The van der Waals surface area contributed by atoms with E-state index in [1.807, 2.05) is 0 Å².